The molecule has 3 rings (SSSR count). The van der Waals surface area contributed by atoms with Gasteiger partial charge in [-0.05, 0) is 40.9 Å². The number of hydrogen-bond donors (Lipinski definition) is 2. The summed E-state index contributed by atoms with van der Waals surface area (Å²) in [6.45, 7) is 0. The minimum atomic E-state index is 0. The summed E-state index contributed by atoms with van der Waals surface area (Å²) in [6.07, 6.45) is 8.72. The minimum Gasteiger partial charge on any atom is -0.397 e. The highest BCUT2D eigenvalue weighted by Gasteiger charge is 2.04. The molecule has 0 radical (unpaired) electrons. The van der Waals surface area contributed by atoms with Crippen LogP contribution in [0.2, 0.25) is 10.3 Å². The SMILES string of the molecule is Cl.Cl.Nc1cncc(/C=C\c2cccc(Nc3nc(Cl)ncc3Cl)c2)c1. The molecule has 0 atom stereocenters. The molecule has 0 unspecified atom stereocenters. The Morgan fingerprint density at radius 1 is 0.962 bits per heavy atom. The summed E-state index contributed by atoms with van der Waals surface area (Å²) in [7, 11) is 0. The number of nitrogens with two attached hydrogens (primary N) is 1. The predicted octanol–water partition coefficient (Wildman–Crippen LogP) is 5.52. The summed E-state index contributed by atoms with van der Waals surface area (Å²) >= 11 is 11.9. The summed E-state index contributed by atoms with van der Waals surface area (Å²) in [4.78, 5) is 12.0. The number of nitrogens with one attached hydrogen (secondary N) is 1. The van der Waals surface area contributed by atoms with Gasteiger partial charge >= 0.3 is 0 Å². The molecule has 0 aliphatic rings. The van der Waals surface area contributed by atoms with Crippen LogP contribution in [0.25, 0.3) is 12.2 Å². The Hall–Kier alpha value is -2.05. The van der Waals surface area contributed by atoms with Crippen molar-refractivity contribution < 1.29 is 0 Å². The van der Waals surface area contributed by atoms with Gasteiger partial charge in [0, 0.05) is 18.1 Å². The number of pyridine rings is 1. The first-order valence-corrected chi connectivity index (χ1v) is 7.79. The smallest absolute Gasteiger partial charge is 0.224 e. The van der Waals surface area contributed by atoms with Crippen LogP contribution in [0.5, 0.6) is 0 Å². The van der Waals surface area contributed by atoms with Crippen molar-refractivity contribution in [2.24, 2.45) is 0 Å². The standard InChI is InChI=1S/C17H13Cl2N5.2ClH/c18-15-10-22-17(19)24-16(15)23-14-3-1-2-11(7-14)4-5-12-6-13(20)9-21-8-12;;/h1-10H,20H2,(H,22,23,24);2*1H/b5-4-;;. The fourth-order valence-corrected chi connectivity index (χ4v) is 2.32. The molecular formula is C17H15Cl4N5. The number of nitrogens with zero attached hydrogens (tertiary/aromatic N) is 3. The molecular weight excluding hydrogens is 416 g/mol. The molecule has 9 heteroatoms. The summed E-state index contributed by atoms with van der Waals surface area (Å²) in [6, 6.07) is 9.63. The van der Waals surface area contributed by atoms with Crippen LogP contribution in [0.3, 0.4) is 0 Å². The van der Waals surface area contributed by atoms with E-state index in [-0.39, 0.29) is 30.1 Å². The molecule has 0 amide bonds. The van der Waals surface area contributed by atoms with Crippen LogP contribution in [0.4, 0.5) is 17.2 Å². The zero-order chi connectivity index (χ0) is 16.9. The van der Waals surface area contributed by atoms with Gasteiger partial charge in [0.1, 0.15) is 5.02 Å². The lowest BCUT2D eigenvalue weighted by molar-refractivity contribution is 1.17. The van der Waals surface area contributed by atoms with Gasteiger partial charge in [-0.3, -0.25) is 4.98 Å². The van der Waals surface area contributed by atoms with Crippen LogP contribution in [0.15, 0.2) is 48.9 Å². The number of halogens is 4. The summed E-state index contributed by atoms with van der Waals surface area (Å²) in [5.41, 5.74) is 9.11. The normalized spacial score (nSPS) is 10.1. The Morgan fingerprint density at radius 3 is 2.50 bits per heavy atom. The zero-order valence-electron chi connectivity index (χ0n) is 13.3. The van der Waals surface area contributed by atoms with Gasteiger partial charge in [-0.1, -0.05) is 35.9 Å². The molecule has 26 heavy (non-hydrogen) atoms. The van der Waals surface area contributed by atoms with E-state index in [0.29, 0.717) is 16.5 Å². The molecule has 136 valence electrons. The predicted molar refractivity (Wildman–Crippen MR) is 114 cm³/mol. The lowest BCUT2D eigenvalue weighted by Gasteiger charge is -2.08. The van der Waals surface area contributed by atoms with Gasteiger partial charge in [-0.25, -0.2) is 4.98 Å². The van der Waals surface area contributed by atoms with Crippen LogP contribution in [0.1, 0.15) is 11.1 Å². The van der Waals surface area contributed by atoms with E-state index >= 15 is 0 Å². The van der Waals surface area contributed by atoms with E-state index in [9.17, 15) is 0 Å². The molecule has 2 heterocycles. The van der Waals surface area contributed by atoms with E-state index < -0.39 is 0 Å². The van der Waals surface area contributed by atoms with Gasteiger partial charge in [0.25, 0.3) is 0 Å². The van der Waals surface area contributed by atoms with Gasteiger partial charge < -0.3 is 11.1 Å². The van der Waals surface area contributed by atoms with Gasteiger partial charge in [0.15, 0.2) is 5.82 Å². The van der Waals surface area contributed by atoms with E-state index in [1.807, 2.05) is 42.5 Å². The number of anilines is 3. The molecule has 1 aromatic carbocycles. The van der Waals surface area contributed by atoms with E-state index in [0.717, 1.165) is 16.8 Å². The van der Waals surface area contributed by atoms with Crippen molar-refractivity contribution in [2.45, 2.75) is 0 Å². The van der Waals surface area contributed by atoms with Crippen molar-refractivity contribution in [3.05, 3.63) is 70.4 Å². The van der Waals surface area contributed by atoms with E-state index in [2.05, 4.69) is 20.3 Å². The van der Waals surface area contributed by atoms with Crippen molar-refractivity contribution in [1.29, 1.82) is 0 Å². The van der Waals surface area contributed by atoms with Crippen LogP contribution in [-0.4, -0.2) is 15.0 Å². The molecule has 3 aromatic rings. The van der Waals surface area contributed by atoms with Crippen molar-refractivity contribution in [3.8, 4) is 0 Å². The first-order valence-electron chi connectivity index (χ1n) is 7.04. The van der Waals surface area contributed by atoms with Crippen LogP contribution < -0.4 is 11.1 Å². The Balaban J connectivity index is 0.00000169. The quantitative estimate of drug-likeness (QED) is 0.533. The fourth-order valence-electron chi connectivity index (χ4n) is 2.05. The molecule has 0 spiro atoms. The second-order valence-corrected chi connectivity index (χ2v) is 5.72. The highest BCUT2D eigenvalue weighted by Crippen LogP contribution is 2.24. The maximum absolute atomic E-state index is 6.06. The monoisotopic (exact) mass is 429 g/mol. The number of rotatable bonds is 4. The maximum Gasteiger partial charge on any atom is 0.224 e. The van der Waals surface area contributed by atoms with E-state index in [1.165, 1.54) is 6.20 Å². The van der Waals surface area contributed by atoms with Crippen molar-refractivity contribution >= 4 is 77.4 Å². The maximum atomic E-state index is 6.06. The fraction of sp³-hybridized carbons (Fsp3) is 0. The van der Waals surface area contributed by atoms with Crippen molar-refractivity contribution in [2.75, 3.05) is 11.1 Å². The Bertz CT molecular complexity index is 902. The molecule has 0 saturated carbocycles. The third-order valence-electron chi connectivity index (χ3n) is 3.11. The molecule has 2 aromatic heterocycles. The van der Waals surface area contributed by atoms with Crippen molar-refractivity contribution in [1.82, 2.24) is 15.0 Å². The topological polar surface area (TPSA) is 76.7 Å². The third kappa shape index (κ3) is 6.04. The second kappa shape index (κ2) is 10.2. The van der Waals surface area contributed by atoms with Crippen molar-refractivity contribution in [3.63, 3.8) is 0 Å². The average molecular weight is 431 g/mol. The van der Waals surface area contributed by atoms with E-state index in [1.54, 1.807) is 12.4 Å². The number of nitrogen functional groups attached to an aromatic ring is 1. The Labute approximate surface area is 173 Å². The van der Waals surface area contributed by atoms with Gasteiger partial charge in [-0.15, -0.1) is 24.8 Å². The molecule has 5 nitrogen and oxygen atoms in total. The molecule has 0 aliphatic heterocycles. The van der Waals surface area contributed by atoms with Gasteiger partial charge in [-0.2, -0.15) is 4.98 Å². The highest BCUT2D eigenvalue weighted by atomic mass is 35.5. The number of aromatic nitrogens is 3. The molecule has 0 bridgehead atoms. The molecule has 0 saturated heterocycles. The number of benzene rings is 1. The van der Waals surface area contributed by atoms with Gasteiger partial charge in [0.05, 0.1) is 11.9 Å². The number of hydrogen-bond acceptors (Lipinski definition) is 5. The third-order valence-corrected chi connectivity index (χ3v) is 3.57. The zero-order valence-corrected chi connectivity index (χ0v) is 16.4. The summed E-state index contributed by atoms with van der Waals surface area (Å²) in [5.74, 6) is 0.456. The van der Waals surface area contributed by atoms with E-state index in [4.69, 9.17) is 28.9 Å². The second-order valence-electron chi connectivity index (χ2n) is 4.97. The lowest BCUT2D eigenvalue weighted by atomic mass is 10.1. The van der Waals surface area contributed by atoms with Crippen LogP contribution >= 0.6 is 48.0 Å². The Morgan fingerprint density at radius 2 is 1.73 bits per heavy atom. The first-order chi connectivity index (χ1) is 11.6. The van der Waals surface area contributed by atoms with Gasteiger partial charge in [0.2, 0.25) is 5.28 Å². The summed E-state index contributed by atoms with van der Waals surface area (Å²) in [5, 5.41) is 3.65. The summed E-state index contributed by atoms with van der Waals surface area (Å²) < 4.78 is 0. The lowest BCUT2D eigenvalue weighted by Crippen LogP contribution is -1.96. The van der Waals surface area contributed by atoms with Crippen LogP contribution in [0, 0.1) is 0 Å². The molecule has 0 aliphatic carbocycles. The first kappa shape index (κ1) is 22.0. The largest absolute Gasteiger partial charge is 0.397 e. The molecule has 3 N–H and O–H groups in total. The Kier molecular flexibility index (Phi) is 8.61. The molecule has 0 fully saturated rings. The van der Waals surface area contributed by atoms with Crippen LogP contribution in [-0.2, 0) is 0 Å². The average Bonchev–Trinajstić information content (AvgIpc) is 2.57. The highest BCUT2D eigenvalue weighted by molar-refractivity contribution is 6.33. The minimum absolute atomic E-state index is 0.